The van der Waals surface area contributed by atoms with E-state index < -0.39 is 5.63 Å². The Labute approximate surface area is 105 Å². The van der Waals surface area contributed by atoms with Crippen LogP contribution in [-0.4, -0.2) is 43.1 Å². The molecule has 0 saturated carbocycles. The molecule has 1 aromatic heterocycles. The van der Waals surface area contributed by atoms with Crippen LogP contribution in [0.1, 0.15) is 11.5 Å². The molecule has 18 heavy (non-hydrogen) atoms. The number of rotatable bonds is 4. The first-order chi connectivity index (χ1) is 8.43. The first-order valence-corrected chi connectivity index (χ1v) is 5.18. The first kappa shape index (κ1) is 13.7. The van der Waals surface area contributed by atoms with Crippen molar-refractivity contribution in [1.82, 2.24) is 14.9 Å². The molecule has 0 bridgehead atoms. The Balaban J connectivity index is 3.23. The van der Waals surface area contributed by atoms with Gasteiger partial charge in [-0.15, -0.1) is 0 Å². The van der Waals surface area contributed by atoms with Gasteiger partial charge in [0.05, 0.1) is 0 Å². The van der Waals surface area contributed by atoms with Gasteiger partial charge in [0.2, 0.25) is 5.89 Å². The number of anilines is 1. The third-order valence-corrected chi connectivity index (χ3v) is 1.82. The van der Waals surface area contributed by atoms with E-state index in [2.05, 4.69) is 10.4 Å². The topological polar surface area (TPSA) is 85.4 Å². The summed E-state index contributed by atoms with van der Waals surface area (Å²) in [5.74, 6) is 0.314. The van der Waals surface area contributed by atoms with Gasteiger partial charge in [0.15, 0.2) is 11.4 Å². The fourth-order valence-electron chi connectivity index (χ4n) is 1.11. The van der Waals surface area contributed by atoms with Gasteiger partial charge < -0.3 is 14.7 Å². The zero-order chi connectivity index (χ0) is 13.7. The van der Waals surface area contributed by atoms with Gasteiger partial charge >= 0.3 is 5.63 Å². The number of nitrogens with zero attached hydrogens (tertiary/aromatic N) is 4. The number of aromatic nitrogens is 1. The highest BCUT2D eigenvalue weighted by molar-refractivity contribution is 5.51. The van der Waals surface area contributed by atoms with E-state index in [0.29, 0.717) is 0 Å². The lowest BCUT2D eigenvalue weighted by Crippen LogP contribution is -2.23. The second kappa shape index (κ2) is 5.84. The predicted octanol–water partition coefficient (Wildman–Crippen LogP) is 0.327. The van der Waals surface area contributed by atoms with E-state index in [-0.39, 0.29) is 17.3 Å². The predicted molar refractivity (Wildman–Crippen MR) is 67.5 cm³/mol. The Morgan fingerprint density at radius 3 is 2.56 bits per heavy atom. The monoisotopic (exact) mass is 249 g/mol. The molecule has 7 heteroatoms. The first-order valence-electron chi connectivity index (χ1n) is 5.18. The maximum atomic E-state index is 11.6. The second-order valence-corrected chi connectivity index (χ2v) is 3.96. The van der Waals surface area contributed by atoms with Crippen LogP contribution < -0.4 is 11.1 Å². The van der Waals surface area contributed by atoms with E-state index in [1.165, 1.54) is 0 Å². The molecule has 0 fully saturated rings. The van der Waals surface area contributed by atoms with Crippen molar-refractivity contribution in [3.63, 3.8) is 0 Å². The average Bonchev–Trinajstić information content (AvgIpc) is 2.25. The van der Waals surface area contributed by atoms with Crippen LogP contribution in [0.2, 0.25) is 0 Å². The molecule has 0 aliphatic rings. The minimum Gasteiger partial charge on any atom is -0.403 e. The van der Waals surface area contributed by atoms with Crippen LogP contribution in [0.4, 0.5) is 5.82 Å². The normalized spacial score (nSPS) is 10.7. The third kappa shape index (κ3) is 3.61. The number of hydrogen-bond acceptors (Lipinski definition) is 7. The van der Waals surface area contributed by atoms with Crippen molar-refractivity contribution in [3.8, 4) is 6.07 Å². The lowest BCUT2D eigenvalue weighted by molar-refractivity contribution is 0.460. The maximum Gasteiger partial charge on any atom is 0.359 e. The third-order valence-electron chi connectivity index (χ3n) is 1.82. The number of nitriles is 1. The van der Waals surface area contributed by atoms with Crippen molar-refractivity contribution >= 4 is 11.9 Å². The largest absolute Gasteiger partial charge is 0.403 e. The molecule has 1 aromatic rings. The van der Waals surface area contributed by atoms with Crippen molar-refractivity contribution in [3.05, 3.63) is 28.1 Å². The van der Waals surface area contributed by atoms with Crippen molar-refractivity contribution < 1.29 is 4.42 Å². The molecule has 0 saturated heterocycles. The molecule has 1 N–H and O–H groups in total. The van der Waals surface area contributed by atoms with Crippen LogP contribution in [0.15, 0.2) is 15.4 Å². The summed E-state index contributed by atoms with van der Waals surface area (Å²) >= 11 is 0. The van der Waals surface area contributed by atoms with Crippen LogP contribution in [0.5, 0.6) is 0 Å². The van der Waals surface area contributed by atoms with Gasteiger partial charge in [-0.2, -0.15) is 10.2 Å². The van der Waals surface area contributed by atoms with E-state index >= 15 is 0 Å². The van der Waals surface area contributed by atoms with E-state index in [9.17, 15) is 4.79 Å². The molecule has 0 unspecified atom stereocenters. The van der Waals surface area contributed by atoms with Crippen LogP contribution in [-0.2, 0) is 0 Å². The molecular formula is C11H15N5O2. The molecule has 7 nitrogen and oxygen atoms in total. The highest BCUT2D eigenvalue weighted by atomic mass is 16.4. The van der Waals surface area contributed by atoms with E-state index in [0.717, 1.165) is 0 Å². The molecule has 1 heterocycles. The summed E-state index contributed by atoms with van der Waals surface area (Å²) in [4.78, 5) is 17.4. The smallest absolute Gasteiger partial charge is 0.359 e. The van der Waals surface area contributed by atoms with Crippen LogP contribution in [0.3, 0.4) is 0 Å². The molecule has 1 rings (SSSR count). The van der Waals surface area contributed by atoms with Gasteiger partial charge in [0, 0.05) is 40.5 Å². The summed E-state index contributed by atoms with van der Waals surface area (Å²) in [6.07, 6.45) is 3.24. The lowest BCUT2D eigenvalue weighted by Gasteiger charge is -2.13. The molecule has 0 amide bonds. The Hall–Kier alpha value is -2.33. The van der Waals surface area contributed by atoms with E-state index in [4.69, 9.17) is 9.68 Å². The summed E-state index contributed by atoms with van der Waals surface area (Å²) in [6, 6.07) is 1.77. The number of nitrogens with one attached hydrogen (secondary N) is 1. The molecular weight excluding hydrogens is 234 g/mol. The quantitative estimate of drug-likeness (QED) is 0.769. The Morgan fingerprint density at radius 2 is 2.06 bits per heavy atom. The molecule has 0 aliphatic heterocycles. The fraction of sp³-hybridized carbons (Fsp3) is 0.364. The standard InChI is InChI=1S/C11H15N5O2/c1-15(2)6-5-9-13-10(14-16(3)4)8(7-12)11(17)18-9/h5-6,14H,1-4H3/b6-5+. The molecule has 96 valence electrons. The zero-order valence-electron chi connectivity index (χ0n) is 10.8. The van der Waals surface area contributed by atoms with E-state index in [1.807, 2.05) is 14.1 Å². The van der Waals surface area contributed by atoms with Crippen molar-refractivity contribution in [2.24, 2.45) is 0 Å². The molecule has 0 atom stereocenters. The Kier molecular flexibility index (Phi) is 4.45. The number of hydrazine groups is 1. The van der Waals surface area contributed by atoms with E-state index in [1.54, 1.807) is 42.3 Å². The van der Waals surface area contributed by atoms with Gasteiger partial charge in [-0.3, -0.25) is 0 Å². The Morgan fingerprint density at radius 1 is 1.39 bits per heavy atom. The summed E-state index contributed by atoms with van der Waals surface area (Å²) < 4.78 is 4.91. The summed E-state index contributed by atoms with van der Waals surface area (Å²) in [5.41, 5.74) is 1.93. The molecule has 0 spiro atoms. The van der Waals surface area contributed by atoms with Gasteiger partial charge in [0.25, 0.3) is 0 Å². The maximum absolute atomic E-state index is 11.6. The van der Waals surface area contributed by atoms with Gasteiger partial charge in [0.1, 0.15) is 6.07 Å². The highest BCUT2D eigenvalue weighted by Gasteiger charge is 2.12. The highest BCUT2D eigenvalue weighted by Crippen LogP contribution is 2.09. The minimum absolute atomic E-state index is 0.136. The van der Waals surface area contributed by atoms with Crippen molar-refractivity contribution in [2.75, 3.05) is 33.6 Å². The summed E-state index contributed by atoms with van der Waals surface area (Å²) in [5, 5.41) is 10.5. The van der Waals surface area contributed by atoms with Crippen LogP contribution in [0.25, 0.3) is 6.08 Å². The number of hydrogen-bond donors (Lipinski definition) is 1. The molecule has 0 radical (unpaired) electrons. The molecule has 0 aromatic carbocycles. The Bertz CT molecular complexity index is 539. The second-order valence-electron chi connectivity index (χ2n) is 3.96. The summed E-state index contributed by atoms with van der Waals surface area (Å²) in [7, 11) is 7.12. The SMILES string of the molecule is CN(C)/C=C/c1nc(NN(C)C)c(C#N)c(=O)o1. The average molecular weight is 249 g/mol. The summed E-state index contributed by atoms with van der Waals surface area (Å²) in [6.45, 7) is 0. The van der Waals surface area contributed by atoms with Crippen LogP contribution >= 0.6 is 0 Å². The van der Waals surface area contributed by atoms with Crippen molar-refractivity contribution in [1.29, 1.82) is 5.26 Å². The van der Waals surface area contributed by atoms with Gasteiger partial charge in [-0.05, 0) is 0 Å². The lowest BCUT2D eigenvalue weighted by atomic mass is 10.3. The minimum atomic E-state index is -0.713. The van der Waals surface area contributed by atoms with Crippen LogP contribution in [0, 0.1) is 11.3 Å². The van der Waals surface area contributed by atoms with Crippen molar-refractivity contribution in [2.45, 2.75) is 0 Å². The molecule has 0 aliphatic carbocycles. The zero-order valence-corrected chi connectivity index (χ0v) is 10.8. The van der Waals surface area contributed by atoms with Gasteiger partial charge in [-0.25, -0.2) is 9.80 Å². The fourth-order valence-corrected chi connectivity index (χ4v) is 1.11. The van der Waals surface area contributed by atoms with Gasteiger partial charge in [-0.1, -0.05) is 0 Å².